The normalized spacial score (nSPS) is 19.4. The molecule has 8 heteroatoms. The van der Waals surface area contributed by atoms with Crippen LogP contribution in [0.2, 0.25) is 0 Å². The predicted octanol–water partition coefficient (Wildman–Crippen LogP) is 0.331. The van der Waals surface area contributed by atoms with E-state index in [9.17, 15) is 14.4 Å². The number of fused-ring (bicyclic) bond motifs is 1. The van der Waals surface area contributed by atoms with Gasteiger partial charge in [0.2, 0.25) is 5.91 Å². The molecule has 1 atom stereocenters. The topological polar surface area (TPSA) is 109 Å². The standard InChI is InChI=1S/C16H18N4O4/c1-9-15(22)18-12-8-10(2-4-13(12)24-9)6-7-17-16(23)11-3-5-14(21)20-19-11/h2,4,8-9H,3,5-7H2,1H3,(H,17,23)(H,18,22)(H,20,21). The van der Waals surface area contributed by atoms with Crippen LogP contribution in [-0.2, 0) is 20.8 Å². The van der Waals surface area contributed by atoms with Crippen molar-refractivity contribution in [1.29, 1.82) is 0 Å². The van der Waals surface area contributed by atoms with Gasteiger partial charge in [0.05, 0.1) is 5.69 Å². The highest BCUT2D eigenvalue weighted by Gasteiger charge is 2.23. The van der Waals surface area contributed by atoms with E-state index >= 15 is 0 Å². The van der Waals surface area contributed by atoms with Crippen LogP contribution in [0.3, 0.4) is 0 Å². The number of amides is 3. The Morgan fingerprint density at radius 1 is 1.38 bits per heavy atom. The second-order valence-corrected chi connectivity index (χ2v) is 5.68. The summed E-state index contributed by atoms with van der Waals surface area (Å²) in [6.07, 6.45) is 0.719. The molecule has 2 aliphatic rings. The number of carbonyl (C=O) groups excluding carboxylic acids is 3. The number of anilines is 1. The van der Waals surface area contributed by atoms with Crippen molar-refractivity contribution < 1.29 is 19.1 Å². The quantitative estimate of drug-likeness (QED) is 0.739. The molecule has 0 radical (unpaired) electrons. The van der Waals surface area contributed by atoms with E-state index in [1.807, 2.05) is 18.2 Å². The van der Waals surface area contributed by atoms with Crippen molar-refractivity contribution >= 4 is 29.1 Å². The molecule has 2 heterocycles. The molecule has 2 aliphatic heterocycles. The van der Waals surface area contributed by atoms with Gasteiger partial charge in [0.25, 0.3) is 11.8 Å². The number of nitrogens with zero attached hydrogens (tertiary/aromatic N) is 1. The number of benzene rings is 1. The lowest BCUT2D eigenvalue weighted by atomic mass is 10.1. The predicted molar refractivity (Wildman–Crippen MR) is 86.7 cm³/mol. The van der Waals surface area contributed by atoms with E-state index in [4.69, 9.17) is 4.74 Å². The molecule has 1 aromatic carbocycles. The van der Waals surface area contributed by atoms with Gasteiger partial charge in [-0.15, -0.1) is 0 Å². The first-order valence-corrected chi connectivity index (χ1v) is 7.77. The minimum absolute atomic E-state index is 0.176. The number of carbonyl (C=O) groups is 3. The maximum Gasteiger partial charge on any atom is 0.267 e. The van der Waals surface area contributed by atoms with E-state index < -0.39 is 6.10 Å². The molecule has 1 unspecified atom stereocenters. The summed E-state index contributed by atoms with van der Waals surface area (Å²) in [7, 11) is 0. The van der Waals surface area contributed by atoms with Gasteiger partial charge in [0.1, 0.15) is 11.5 Å². The van der Waals surface area contributed by atoms with Gasteiger partial charge >= 0.3 is 0 Å². The number of hydrogen-bond acceptors (Lipinski definition) is 5. The molecule has 0 spiro atoms. The lowest BCUT2D eigenvalue weighted by molar-refractivity contribution is -0.123. The highest BCUT2D eigenvalue weighted by Crippen LogP contribution is 2.30. The summed E-state index contributed by atoms with van der Waals surface area (Å²) in [6, 6.07) is 5.54. The Morgan fingerprint density at radius 2 is 2.21 bits per heavy atom. The van der Waals surface area contributed by atoms with Gasteiger partial charge in [0, 0.05) is 19.4 Å². The fourth-order valence-electron chi connectivity index (χ4n) is 2.47. The Balaban J connectivity index is 1.54. The first kappa shape index (κ1) is 16.0. The second-order valence-electron chi connectivity index (χ2n) is 5.68. The van der Waals surface area contributed by atoms with Crippen LogP contribution >= 0.6 is 0 Å². The fourth-order valence-corrected chi connectivity index (χ4v) is 2.47. The number of hydrogen-bond donors (Lipinski definition) is 3. The summed E-state index contributed by atoms with van der Waals surface area (Å²) in [5.74, 6) is 0.00473. The highest BCUT2D eigenvalue weighted by atomic mass is 16.5. The summed E-state index contributed by atoms with van der Waals surface area (Å²) < 4.78 is 5.50. The molecule has 0 bridgehead atoms. The molecule has 0 saturated heterocycles. The molecule has 24 heavy (non-hydrogen) atoms. The van der Waals surface area contributed by atoms with Gasteiger partial charge in [-0.05, 0) is 31.0 Å². The lowest BCUT2D eigenvalue weighted by Gasteiger charge is -2.23. The maximum absolute atomic E-state index is 11.9. The monoisotopic (exact) mass is 330 g/mol. The van der Waals surface area contributed by atoms with Gasteiger partial charge in [0.15, 0.2) is 6.10 Å². The summed E-state index contributed by atoms with van der Waals surface area (Å²) in [5, 5.41) is 9.32. The lowest BCUT2D eigenvalue weighted by Crippen LogP contribution is -2.37. The maximum atomic E-state index is 11.9. The molecule has 126 valence electrons. The Bertz CT molecular complexity index is 729. The van der Waals surface area contributed by atoms with Gasteiger partial charge in [-0.1, -0.05) is 6.07 Å². The molecular weight excluding hydrogens is 312 g/mol. The van der Waals surface area contributed by atoms with Gasteiger partial charge < -0.3 is 15.4 Å². The van der Waals surface area contributed by atoms with Crippen LogP contribution in [0.1, 0.15) is 25.3 Å². The van der Waals surface area contributed by atoms with Crippen molar-refractivity contribution in [3.8, 4) is 5.75 Å². The van der Waals surface area contributed by atoms with Crippen LogP contribution in [0.5, 0.6) is 5.75 Å². The second kappa shape index (κ2) is 6.69. The third kappa shape index (κ3) is 3.53. The van der Waals surface area contributed by atoms with E-state index in [0.29, 0.717) is 36.5 Å². The summed E-state index contributed by atoms with van der Waals surface area (Å²) in [6.45, 7) is 2.12. The zero-order chi connectivity index (χ0) is 17.1. The van der Waals surface area contributed by atoms with Crippen molar-refractivity contribution in [2.75, 3.05) is 11.9 Å². The Labute approximate surface area is 138 Å². The molecule has 8 nitrogen and oxygen atoms in total. The van der Waals surface area contributed by atoms with Crippen LogP contribution < -0.4 is 20.8 Å². The smallest absolute Gasteiger partial charge is 0.267 e. The third-order valence-electron chi connectivity index (χ3n) is 3.84. The van der Waals surface area contributed by atoms with E-state index in [1.54, 1.807) is 6.92 Å². The van der Waals surface area contributed by atoms with Crippen LogP contribution in [0, 0.1) is 0 Å². The molecule has 0 saturated carbocycles. The van der Waals surface area contributed by atoms with Crippen molar-refractivity contribution in [3.05, 3.63) is 23.8 Å². The number of ether oxygens (including phenoxy) is 1. The van der Waals surface area contributed by atoms with Crippen molar-refractivity contribution in [2.24, 2.45) is 5.10 Å². The molecule has 3 amide bonds. The van der Waals surface area contributed by atoms with Gasteiger partial charge in [-0.3, -0.25) is 14.4 Å². The van der Waals surface area contributed by atoms with Crippen LogP contribution in [0.4, 0.5) is 5.69 Å². The SMILES string of the molecule is CC1Oc2ccc(CCNC(=O)C3=NNC(=O)CC3)cc2NC1=O. The van der Waals surface area contributed by atoms with E-state index in [0.717, 1.165) is 5.56 Å². The molecule has 3 N–H and O–H groups in total. The van der Waals surface area contributed by atoms with Crippen LogP contribution in [0.25, 0.3) is 0 Å². The van der Waals surface area contributed by atoms with Crippen molar-refractivity contribution in [3.63, 3.8) is 0 Å². The third-order valence-corrected chi connectivity index (χ3v) is 3.84. The average molecular weight is 330 g/mol. The number of nitrogens with one attached hydrogen (secondary N) is 3. The summed E-state index contributed by atoms with van der Waals surface area (Å²) >= 11 is 0. The molecule has 0 aliphatic carbocycles. The van der Waals surface area contributed by atoms with Crippen LogP contribution in [-0.4, -0.2) is 36.1 Å². The summed E-state index contributed by atoms with van der Waals surface area (Å²) in [5.41, 5.74) is 4.23. The zero-order valence-electron chi connectivity index (χ0n) is 13.2. The first-order valence-electron chi connectivity index (χ1n) is 7.77. The molecule has 0 aromatic heterocycles. The minimum atomic E-state index is -0.501. The Kier molecular flexibility index (Phi) is 4.45. The van der Waals surface area contributed by atoms with E-state index in [-0.39, 0.29) is 24.1 Å². The van der Waals surface area contributed by atoms with Crippen LogP contribution in [0.15, 0.2) is 23.3 Å². The fraction of sp³-hybridized carbons (Fsp3) is 0.375. The first-order chi connectivity index (χ1) is 11.5. The minimum Gasteiger partial charge on any atom is -0.479 e. The van der Waals surface area contributed by atoms with Gasteiger partial charge in [-0.25, -0.2) is 5.43 Å². The highest BCUT2D eigenvalue weighted by molar-refractivity contribution is 6.39. The Hall–Kier alpha value is -2.90. The van der Waals surface area contributed by atoms with E-state index in [1.165, 1.54) is 0 Å². The average Bonchev–Trinajstić information content (AvgIpc) is 2.56. The van der Waals surface area contributed by atoms with E-state index in [2.05, 4.69) is 21.2 Å². The van der Waals surface area contributed by atoms with Gasteiger partial charge in [-0.2, -0.15) is 5.10 Å². The molecule has 0 fully saturated rings. The number of hydrazone groups is 1. The molecular formula is C16H18N4O4. The van der Waals surface area contributed by atoms with Crippen molar-refractivity contribution in [1.82, 2.24) is 10.7 Å². The molecule has 3 rings (SSSR count). The molecule has 1 aromatic rings. The largest absolute Gasteiger partial charge is 0.479 e. The van der Waals surface area contributed by atoms with Crippen molar-refractivity contribution in [2.45, 2.75) is 32.3 Å². The Morgan fingerprint density at radius 3 is 2.96 bits per heavy atom. The number of rotatable bonds is 4. The summed E-state index contributed by atoms with van der Waals surface area (Å²) in [4.78, 5) is 34.6. The zero-order valence-corrected chi connectivity index (χ0v) is 13.2.